The maximum absolute atomic E-state index is 13.1. The van der Waals surface area contributed by atoms with E-state index < -0.39 is 35.5 Å². The Hall–Kier alpha value is -1.53. The molecule has 0 heterocycles. The predicted molar refractivity (Wildman–Crippen MR) is 119 cm³/mol. The zero-order valence-electron chi connectivity index (χ0n) is 19.7. The van der Waals surface area contributed by atoms with Crippen LogP contribution in [0.2, 0.25) is 0 Å². The number of hydrogen-bond acceptors (Lipinski definition) is 6. The molecule has 0 radical (unpaired) electrons. The van der Waals surface area contributed by atoms with Gasteiger partial charge in [0.25, 0.3) is 0 Å². The normalized spacial score (nSPS) is 43.0. The third-order valence-electron chi connectivity index (χ3n) is 9.63. The molecule has 0 aromatic carbocycles. The van der Waals surface area contributed by atoms with Crippen molar-refractivity contribution in [2.75, 3.05) is 6.61 Å². The summed E-state index contributed by atoms with van der Waals surface area (Å²) in [6.07, 6.45) is 7.44. The molecule has 3 saturated carbocycles. The minimum atomic E-state index is -1.37. The first-order chi connectivity index (χ1) is 15.1. The van der Waals surface area contributed by atoms with Crippen LogP contribution in [-0.2, 0) is 19.1 Å². The number of aliphatic hydroxyl groups is 2. The van der Waals surface area contributed by atoms with Crippen LogP contribution >= 0.6 is 0 Å². The Morgan fingerprint density at radius 1 is 1.19 bits per heavy atom. The van der Waals surface area contributed by atoms with Crippen LogP contribution in [-0.4, -0.2) is 46.1 Å². The highest BCUT2D eigenvalue weighted by atomic mass is 16.6. The molecular formula is C26H38O6. The number of ether oxygens (including phenoxy) is 1. The van der Waals surface area contributed by atoms with E-state index in [2.05, 4.69) is 6.92 Å². The average Bonchev–Trinajstić information content (AvgIpc) is 3.04. The van der Waals surface area contributed by atoms with E-state index in [1.165, 1.54) is 5.57 Å². The van der Waals surface area contributed by atoms with Crippen LogP contribution in [0.3, 0.4) is 0 Å². The van der Waals surface area contributed by atoms with Gasteiger partial charge in [-0.25, -0.2) is 0 Å². The fraction of sp³-hybridized carbons (Fsp3) is 0.808. The zero-order chi connectivity index (χ0) is 23.3. The number of unbranched alkanes of at least 4 members (excludes halogenated alkanes) is 1. The number of aliphatic hydroxyl groups excluding tert-OH is 2. The first kappa shape index (κ1) is 23.6. The van der Waals surface area contributed by atoms with Crippen LogP contribution in [0.4, 0.5) is 0 Å². The minimum absolute atomic E-state index is 0.0319. The molecule has 0 aromatic heterocycles. The van der Waals surface area contributed by atoms with E-state index in [1.807, 2.05) is 19.9 Å². The van der Waals surface area contributed by atoms with Gasteiger partial charge < -0.3 is 14.9 Å². The highest BCUT2D eigenvalue weighted by Crippen LogP contribution is 2.68. The second-order valence-electron chi connectivity index (χ2n) is 11.1. The smallest absolute Gasteiger partial charge is 0.306 e. The predicted octanol–water partition coefficient (Wildman–Crippen LogP) is 3.52. The molecule has 0 aliphatic heterocycles. The van der Waals surface area contributed by atoms with Gasteiger partial charge in [-0.05, 0) is 74.2 Å². The summed E-state index contributed by atoms with van der Waals surface area (Å²) in [5.74, 6) is -0.297. The summed E-state index contributed by atoms with van der Waals surface area (Å²) in [5.41, 5.74) is -1.12. The molecule has 4 unspecified atom stereocenters. The van der Waals surface area contributed by atoms with Crippen LogP contribution in [0.15, 0.2) is 11.6 Å². The maximum Gasteiger partial charge on any atom is 0.306 e. The van der Waals surface area contributed by atoms with E-state index in [4.69, 9.17) is 4.74 Å². The van der Waals surface area contributed by atoms with E-state index in [9.17, 15) is 24.6 Å². The molecule has 7 atom stereocenters. The van der Waals surface area contributed by atoms with Gasteiger partial charge in [-0.15, -0.1) is 0 Å². The number of esters is 1. The van der Waals surface area contributed by atoms with Crippen LogP contribution in [0, 0.1) is 28.6 Å². The van der Waals surface area contributed by atoms with E-state index in [0.717, 1.165) is 32.1 Å². The topological polar surface area (TPSA) is 101 Å². The zero-order valence-corrected chi connectivity index (χ0v) is 19.7. The fourth-order valence-corrected chi connectivity index (χ4v) is 8.05. The van der Waals surface area contributed by atoms with Crippen molar-refractivity contribution in [3.63, 3.8) is 0 Å². The lowest BCUT2D eigenvalue weighted by Gasteiger charge is -2.60. The van der Waals surface area contributed by atoms with Crippen molar-refractivity contribution in [1.29, 1.82) is 0 Å². The fourth-order valence-electron chi connectivity index (χ4n) is 8.05. The molecule has 4 aliphatic rings. The summed E-state index contributed by atoms with van der Waals surface area (Å²) >= 11 is 0. The van der Waals surface area contributed by atoms with Gasteiger partial charge >= 0.3 is 5.97 Å². The Morgan fingerprint density at radius 2 is 1.94 bits per heavy atom. The van der Waals surface area contributed by atoms with Crippen molar-refractivity contribution in [2.24, 2.45) is 28.6 Å². The standard InChI is InChI=1S/C26H38O6/c1-4-5-6-22(31)32-26(21(30)15-27)12-10-19-18-8-7-16-13-17(28)9-11-24(16,2)23(18)20(29)14-25(19,26)3/h13,18-20,23,27,29H,4-12,14-15H2,1-3H3/t18?,19?,20?,23?,24-,25-,26-/m0/s1. The molecule has 6 nitrogen and oxygen atoms in total. The molecular weight excluding hydrogens is 408 g/mol. The lowest BCUT2D eigenvalue weighted by atomic mass is 9.45. The molecule has 178 valence electrons. The highest BCUT2D eigenvalue weighted by Gasteiger charge is 2.70. The van der Waals surface area contributed by atoms with Crippen molar-refractivity contribution in [3.05, 3.63) is 11.6 Å². The molecule has 0 spiro atoms. The van der Waals surface area contributed by atoms with Gasteiger partial charge in [-0.1, -0.05) is 32.8 Å². The third-order valence-corrected chi connectivity index (χ3v) is 9.63. The SMILES string of the molecule is CCCCC(=O)O[C@]1(C(=O)CO)CCC2C3CCC4=CC(=O)CC[C@]4(C)C3C(O)C[C@@]21C. The average molecular weight is 447 g/mol. The molecule has 2 N–H and O–H groups in total. The van der Waals surface area contributed by atoms with Gasteiger partial charge in [0.15, 0.2) is 11.4 Å². The van der Waals surface area contributed by atoms with Gasteiger partial charge in [-0.2, -0.15) is 0 Å². The summed E-state index contributed by atoms with van der Waals surface area (Å²) in [6, 6.07) is 0. The van der Waals surface area contributed by atoms with Gasteiger partial charge in [0, 0.05) is 18.3 Å². The van der Waals surface area contributed by atoms with Crippen LogP contribution < -0.4 is 0 Å². The minimum Gasteiger partial charge on any atom is -0.450 e. The number of Topliss-reactive ketones (excluding diaryl/α,β-unsaturated/α-hetero) is 1. The molecule has 0 bridgehead atoms. The van der Waals surface area contributed by atoms with Crippen LogP contribution in [0.5, 0.6) is 0 Å². The summed E-state index contributed by atoms with van der Waals surface area (Å²) in [6.45, 7) is 5.51. The molecule has 0 aromatic rings. The highest BCUT2D eigenvalue weighted by molar-refractivity contribution is 5.92. The van der Waals surface area contributed by atoms with E-state index in [0.29, 0.717) is 25.7 Å². The lowest BCUT2D eigenvalue weighted by Crippen LogP contribution is -2.63. The Morgan fingerprint density at radius 3 is 2.62 bits per heavy atom. The van der Waals surface area contributed by atoms with Crippen molar-refractivity contribution < 1.29 is 29.3 Å². The van der Waals surface area contributed by atoms with Crippen molar-refractivity contribution in [3.8, 4) is 0 Å². The van der Waals surface area contributed by atoms with Crippen molar-refractivity contribution >= 4 is 17.5 Å². The quantitative estimate of drug-likeness (QED) is 0.606. The number of rotatable bonds is 6. The first-order valence-corrected chi connectivity index (χ1v) is 12.4. The molecule has 0 amide bonds. The van der Waals surface area contributed by atoms with Crippen molar-refractivity contribution in [2.45, 2.75) is 96.7 Å². The van der Waals surface area contributed by atoms with Crippen molar-refractivity contribution in [1.82, 2.24) is 0 Å². The summed E-state index contributed by atoms with van der Waals surface area (Å²) in [7, 11) is 0. The second-order valence-corrected chi connectivity index (χ2v) is 11.1. The van der Waals surface area contributed by atoms with E-state index in [1.54, 1.807) is 0 Å². The Bertz CT molecular complexity index is 832. The van der Waals surface area contributed by atoms with E-state index >= 15 is 0 Å². The number of ketones is 2. The van der Waals surface area contributed by atoms with Crippen LogP contribution in [0.1, 0.15) is 85.0 Å². The molecule has 3 fully saturated rings. The molecule has 6 heteroatoms. The molecule has 0 saturated heterocycles. The number of carbonyl (C=O) groups excluding carboxylic acids is 3. The molecule has 4 aliphatic carbocycles. The summed E-state index contributed by atoms with van der Waals surface area (Å²) < 4.78 is 5.98. The maximum atomic E-state index is 13.1. The summed E-state index contributed by atoms with van der Waals surface area (Å²) in [5, 5.41) is 21.4. The Labute approximate surface area is 190 Å². The van der Waals surface area contributed by atoms with Gasteiger partial charge in [0.05, 0.1) is 6.10 Å². The number of fused-ring (bicyclic) bond motifs is 5. The van der Waals surface area contributed by atoms with Gasteiger partial charge in [0.2, 0.25) is 5.78 Å². The third kappa shape index (κ3) is 3.32. The first-order valence-electron chi connectivity index (χ1n) is 12.4. The Kier molecular flexibility index (Phi) is 6.17. The number of carbonyl (C=O) groups is 3. The summed E-state index contributed by atoms with van der Waals surface area (Å²) in [4.78, 5) is 37.9. The van der Waals surface area contributed by atoms with Gasteiger partial charge in [0.1, 0.15) is 6.61 Å². The molecule has 32 heavy (non-hydrogen) atoms. The van der Waals surface area contributed by atoms with E-state index in [-0.39, 0.29) is 35.4 Å². The second kappa shape index (κ2) is 8.35. The largest absolute Gasteiger partial charge is 0.450 e. The number of allylic oxidation sites excluding steroid dienone is 1. The van der Waals surface area contributed by atoms with Gasteiger partial charge in [-0.3, -0.25) is 14.4 Å². The lowest BCUT2D eigenvalue weighted by molar-refractivity contribution is -0.202. The van der Waals surface area contributed by atoms with Crippen LogP contribution in [0.25, 0.3) is 0 Å². The molecule has 4 rings (SSSR count). The number of hydrogen-bond donors (Lipinski definition) is 2. The monoisotopic (exact) mass is 446 g/mol. The Balaban J connectivity index is 1.70.